The van der Waals surface area contributed by atoms with Crippen LogP contribution in [0.4, 0.5) is 5.69 Å². The number of para-hydroxylation sites is 1. The van der Waals surface area contributed by atoms with E-state index in [0.29, 0.717) is 17.1 Å². The third kappa shape index (κ3) is 4.06. The highest BCUT2D eigenvalue weighted by molar-refractivity contribution is 6.38. The molecule has 3 aromatic carbocycles. The highest BCUT2D eigenvalue weighted by atomic mass is 35.5. The van der Waals surface area contributed by atoms with Crippen molar-refractivity contribution < 1.29 is 9.59 Å². The maximum atomic E-state index is 13.8. The summed E-state index contributed by atoms with van der Waals surface area (Å²) >= 11 is 6.12. The molecule has 0 spiro atoms. The molecule has 3 nitrogen and oxygen atoms in total. The van der Waals surface area contributed by atoms with Gasteiger partial charge in [0.05, 0.1) is 17.8 Å². The molecule has 0 aromatic heterocycles. The number of hydrogen-bond acceptors (Lipinski definition) is 2. The molecule has 0 aliphatic carbocycles. The quantitative estimate of drug-likeness (QED) is 0.343. The number of carbonyl (C=O) groups excluding carboxylic acids is 2. The molecule has 1 heterocycles. The van der Waals surface area contributed by atoms with E-state index in [2.05, 4.69) is 20.8 Å². The Bertz CT molecular complexity index is 1190. The number of aldehydes is 1. The molecule has 3 aromatic rings. The average Bonchev–Trinajstić information content (AvgIpc) is 3.01. The second-order valence-electron chi connectivity index (χ2n) is 8.78. The van der Waals surface area contributed by atoms with Crippen molar-refractivity contribution in [2.75, 3.05) is 4.90 Å². The van der Waals surface area contributed by atoms with Gasteiger partial charge >= 0.3 is 0 Å². The highest BCUT2D eigenvalue weighted by Crippen LogP contribution is 2.47. The summed E-state index contributed by atoms with van der Waals surface area (Å²) in [5.74, 6) is -0.0300. The van der Waals surface area contributed by atoms with E-state index < -0.39 is 0 Å². The van der Waals surface area contributed by atoms with Gasteiger partial charge in [0.25, 0.3) is 5.91 Å². The Morgan fingerprint density at radius 1 is 0.968 bits per heavy atom. The molecule has 4 heteroatoms. The van der Waals surface area contributed by atoms with Gasteiger partial charge in [-0.15, -0.1) is 0 Å². The lowest BCUT2D eigenvalue weighted by Crippen LogP contribution is -2.27. The topological polar surface area (TPSA) is 37.4 Å². The van der Waals surface area contributed by atoms with E-state index in [4.69, 9.17) is 11.6 Å². The molecule has 0 saturated heterocycles. The zero-order valence-electron chi connectivity index (χ0n) is 17.9. The van der Waals surface area contributed by atoms with Crippen LogP contribution in [0.15, 0.2) is 72.8 Å². The zero-order valence-corrected chi connectivity index (χ0v) is 18.6. The van der Waals surface area contributed by atoms with Crippen molar-refractivity contribution in [1.29, 1.82) is 0 Å². The van der Waals surface area contributed by atoms with Gasteiger partial charge < -0.3 is 4.90 Å². The molecular formula is C27H24ClNO2. The Morgan fingerprint density at radius 2 is 1.68 bits per heavy atom. The Kier molecular flexibility index (Phi) is 5.55. The SMILES string of the molecule is CC(C)(C)/C(=C1/C(=O)N(Cc2cccc(C=O)c2)c2ccccc21)c1ccc(Cl)cc1. The maximum Gasteiger partial charge on any atom is 0.259 e. The minimum atomic E-state index is -0.265. The molecule has 0 bridgehead atoms. The van der Waals surface area contributed by atoms with Crippen molar-refractivity contribution in [2.45, 2.75) is 27.3 Å². The largest absolute Gasteiger partial charge is 0.303 e. The Hall–Kier alpha value is -3.17. The highest BCUT2D eigenvalue weighted by Gasteiger charge is 2.37. The minimum absolute atomic E-state index is 0.0300. The van der Waals surface area contributed by atoms with Gasteiger partial charge in [-0.25, -0.2) is 0 Å². The second kappa shape index (κ2) is 8.16. The minimum Gasteiger partial charge on any atom is -0.303 e. The molecule has 156 valence electrons. The third-order valence-corrected chi connectivity index (χ3v) is 5.74. The molecular weight excluding hydrogens is 406 g/mol. The van der Waals surface area contributed by atoms with Crippen LogP contribution in [0.25, 0.3) is 11.1 Å². The molecule has 0 fully saturated rings. The number of hydrogen-bond donors (Lipinski definition) is 0. The Labute approximate surface area is 188 Å². The lowest BCUT2D eigenvalue weighted by atomic mass is 9.78. The van der Waals surface area contributed by atoms with Crippen molar-refractivity contribution in [1.82, 2.24) is 0 Å². The number of nitrogens with zero attached hydrogens (tertiary/aromatic N) is 1. The third-order valence-electron chi connectivity index (χ3n) is 5.48. The molecule has 0 unspecified atom stereocenters. The fourth-order valence-electron chi connectivity index (χ4n) is 4.19. The molecule has 1 aliphatic rings. The summed E-state index contributed by atoms with van der Waals surface area (Å²) in [4.78, 5) is 26.8. The Balaban J connectivity index is 1.89. The molecule has 31 heavy (non-hydrogen) atoms. The molecule has 1 aliphatic heterocycles. The van der Waals surface area contributed by atoms with Gasteiger partial charge in [-0.3, -0.25) is 9.59 Å². The summed E-state index contributed by atoms with van der Waals surface area (Å²) in [7, 11) is 0. The number of halogens is 1. The second-order valence-corrected chi connectivity index (χ2v) is 9.21. The van der Waals surface area contributed by atoms with E-state index in [1.54, 1.807) is 11.0 Å². The van der Waals surface area contributed by atoms with Crippen LogP contribution in [0.1, 0.15) is 47.8 Å². The predicted molar refractivity (Wildman–Crippen MR) is 127 cm³/mol. The molecule has 4 rings (SSSR count). The first kappa shape index (κ1) is 21.1. The number of allylic oxidation sites excluding steroid dienone is 1. The summed E-state index contributed by atoms with van der Waals surface area (Å²) < 4.78 is 0. The molecule has 0 radical (unpaired) electrons. The van der Waals surface area contributed by atoms with E-state index in [1.807, 2.05) is 66.7 Å². The number of anilines is 1. The number of fused-ring (bicyclic) bond motifs is 1. The first-order chi connectivity index (χ1) is 14.8. The molecule has 0 atom stereocenters. The van der Waals surface area contributed by atoms with Crippen molar-refractivity contribution in [3.63, 3.8) is 0 Å². The smallest absolute Gasteiger partial charge is 0.259 e. The van der Waals surface area contributed by atoms with Crippen molar-refractivity contribution in [3.05, 3.63) is 100 Å². The summed E-state index contributed by atoms with van der Waals surface area (Å²) in [5, 5.41) is 0.664. The van der Waals surface area contributed by atoms with Crippen LogP contribution in [-0.4, -0.2) is 12.2 Å². The van der Waals surface area contributed by atoms with Gasteiger partial charge in [-0.1, -0.05) is 80.9 Å². The number of benzene rings is 3. The van der Waals surface area contributed by atoms with E-state index in [1.165, 1.54) is 0 Å². The van der Waals surface area contributed by atoms with Gasteiger partial charge in [0.1, 0.15) is 6.29 Å². The lowest BCUT2D eigenvalue weighted by Gasteiger charge is -2.26. The van der Waals surface area contributed by atoms with Crippen molar-refractivity contribution >= 4 is 40.6 Å². The van der Waals surface area contributed by atoms with Gasteiger partial charge in [0, 0.05) is 16.1 Å². The maximum absolute atomic E-state index is 13.8. The first-order valence-corrected chi connectivity index (χ1v) is 10.6. The molecule has 1 amide bonds. The Morgan fingerprint density at radius 3 is 2.35 bits per heavy atom. The zero-order chi connectivity index (χ0) is 22.2. The van der Waals surface area contributed by atoms with Crippen molar-refractivity contribution in [3.8, 4) is 0 Å². The fraction of sp³-hybridized carbons (Fsp3) is 0.185. The summed E-state index contributed by atoms with van der Waals surface area (Å²) in [5.41, 5.74) is 5.76. The van der Waals surface area contributed by atoms with E-state index in [9.17, 15) is 9.59 Å². The standard InChI is InChI=1S/C27H24ClNO2/c1-27(2,3)25(20-11-13-21(28)14-12-20)24-22-9-4-5-10-23(22)29(26(24)31)16-18-7-6-8-19(15-18)17-30/h4-15,17H,16H2,1-3H3/b25-24+. The van der Waals surface area contributed by atoms with E-state index in [-0.39, 0.29) is 11.3 Å². The van der Waals surface area contributed by atoms with E-state index in [0.717, 1.165) is 39.8 Å². The van der Waals surface area contributed by atoms with E-state index >= 15 is 0 Å². The van der Waals surface area contributed by atoms with Crippen LogP contribution < -0.4 is 4.90 Å². The molecule has 0 saturated carbocycles. The van der Waals surface area contributed by atoms with Crippen molar-refractivity contribution in [2.24, 2.45) is 5.41 Å². The molecule has 0 N–H and O–H groups in total. The lowest BCUT2D eigenvalue weighted by molar-refractivity contribution is -0.113. The van der Waals surface area contributed by atoms with Gasteiger partial charge in [-0.2, -0.15) is 0 Å². The average molecular weight is 430 g/mol. The van der Waals surface area contributed by atoms with Crippen LogP contribution in [0.2, 0.25) is 5.02 Å². The fourth-order valence-corrected chi connectivity index (χ4v) is 4.32. The summed E-state index contributed by atoms with van der Waals surface area (Å²) in [6.07, 6.45) is 0.826. The van der Waals surface area contributed by atoms with Crippen LogP contribution in [0.5, 0.6) is 0 Å². The number of carbonyl (C=O) groups is 2. The normalized spacial score (nSPS) is 15.1. The van der Waals surface area contributed by atoms with Crippen LogP contribution in [0, 0.1) is 5.41 Å². The van der Waals surface area contributed by atoms with Crippen LogP contribution >= 0.6 is 11.6 Å². The monoisotopic (exact) mass is 429 g/mol. The van der Waals surface area contributed by atoms with Gasteiger partial charge in [0.15, 0.2) is 0 Å². The number of rotatable bonds is 4. The first-order valence-electron chi connectivity index (χ1n) is 10.3. The van der Waals surface area contributed by atoms with Crippen LogP contribution in [-0.2, 0) is 11.3 Å². The summed E-state index contributed by atoms with van der Waals surface area (Å²) in [6, 6.07) is 22.9. The number of amides is 1. The van der Waals surface area contributed by atoms with Gasteiger partial charge in [0.2, 0.25) is 0 Å². The van der Waals surface area contributed by atoms with Gasteiger partial charge in [-0.05, 0) is 46.4 Å². The van der Waals surface area contributed by atoms with Crippen LogP contribution in [0.3, 0.4) is 0 Å². The predicted octanol–water partition coefficient (Wildman–Crippen LogP) is 6.66. The summed E-state index contributed by atoms with van der Waals surface area (Å²) in [6.45, 7) is 6.77.